The lowest BCUT2D eigenvalue weighted by Gasteiger charge is -2.35. The third-order valence-corrected chi connectivity index (χ3v) is 4.58. The zero-order chi connectivity index (χ0) is 17.5. The van der Waals surface area contributed by atoms with Gasteiger partial charge in [0.15, 0.2) is 0 Å². The Morgan fingerprint density at radius 3 is 2.67 bits per heavy atom. The first-order valence-corrected chi connectivity index (χ1v) is 8.85. The molecular formula is C19H28N2O3. The molecule has 0 radical (unpaired) electrons. The molecule has 1 aromatic carbocycles. The van der Waals surface area contributed by atoms with Gasteiger partial charge in [-0.15, -0.1) is 0 Å². The van der Waals surface area contributed by atoms with E-state index in [0.717, 1.165) is 18.4 Å². The predicted octanol–water partition coefficient (Wildman–Crippen LogP) is 2.41. The molecular weight excluding hydrogens is 304 g/mol. The molecule has 1 saturated heterocycles. The zero-order valence-electron chi connectivity index (χ0n) is 14.6. The molecule has 24 heavy (non-hydrogen) atoms. The number of hydrogen-bond acceptors (Lipinski definition) is 3. The SMILES string of the molecule is CCC(=O)N1CCCCC1C(=O)NC(C)CC(O)c1ccccc1. The first kappa shape index (κ1) is 18.5. The maximum absolute atomic E-state index is 12.6. The zero-order valence-corrected chi connectivity index (χ0v) is 14.6. The van der Waals surface area contributed by atoms with E-state index in [1.54, 1.807) is 4.90 Å². The number of rotatable bonds is 6. The molecule has 5 heteroatoms. The molecule has 2 rings (SSSR count). The van der Waals surface area contributed by atoms with E-state index in [0.29, 0.717) is 25.8 Å². The van der Waals surface area contributed by atoms with Gasteiger partial charge >= 0.3 is 0 Å². The Morgan fingerprint density at radius 2 is 2.00 bits per heavy atom. The second-order valence-corrected chi connectivity index (χ2v) is 6.52. The Bertz CT molecular complexity index is 547. The highest BCUT2D eigenvalue weighted by atomic mass is 16.3. The molecule has 132 valence electrons. The molecule has 2 amide bonds. The second kappa shape index (κ2) is 8.83. The standard InChI is InChI=1S/C19H28N2O3/c1-3-18(23)21-12-8-7-11-16(21)19(24)20-14(2)13-17(22)15-9-5-4-6-10-15/h4-6,9-10,14,16-17,22H,3,7-8,11-13H2,1-2H3,(H,20,24). The van der Waals surface area contributed by atoms with Crippen LogP contribution in [-0.4, -0.2) is 40.4 Å². The molecule has 1 heterocycles. The van der Waals surface area contributed by atoms with E-state index in [1.165, 1.54) is 0 Å². The number of aliphatic hydroxyl groups is 1. The maximum atomic E-state index is 12.6. The smallest absolute Gasteiger partial charge is 0.243 e. The summed E-state index contributed by atoms with van der Waals surface area (Å²) in [4.78, 5) is 26.3. The fourth-order valence-corrected chi connectivity index (χ4v) is 3.25. The normalized spacial score (nSPS) is 20.3. The number of nitrogens with zero attached hydrogens (tertiary/aromatic N) is 1. The highest BCUT2D eigenvalue weighted by Crippen LogP contribution is 2.20. The first-order chi connectivity index (χ1) is 11.5. The molecule has 0 saturated carbocycles. The number of amides is 2. The molecule has 0 spiro atoms. The molecule has 1 aromatic rings. The minimum atomic E-state index is -0.610. The molecule has 3 unspecified atom stereocenters. The Labute approximate surface area is 144 Å². The van der Waals surface area contributed by atoms with Gasteiger partial charge in [0.2, 0.25) is 11.8 Å². The molecule has 0 aliphatic carbocycles. The molecule has 1 aliphatic heterocycles. The van der Waals surface area contributed by atoms with E-state index in [1.807, 2.05) is 44.2 Å². The van der Waals surface area contributed by atoms with Gasteiger partial charge in [0, 0.05) is 19.0 Å². The Morgan fingerprint density at radius 1 is 1.29 bits per heavy atom. The van der Waals surface area contributed by atoms with Crippen LogP contribution in [0.4, 0.5) is 0 Å². The maximum Gasteiger partial charge on any atom is 0.243 e. The van der Waals surface area contributed by atoms with Crippen LogP contribution >= 0.6 is 0 Å². The Balaban J connectivity index is 1.91. The van der Waals surface area contributed by atoms with Crippen LogP contribution in [0.1, 0.15) is 57.6 Å². The van der Waals surface area contributed by atoms with Crippen LogP contribution in [0.3, 0.4) is 0 Å². The van der Waals surface area contributed by atoms with E-state index < -0.39 is 6.10 Å². The summed E-state index contributed by atoms with van der Waals surface area (Å²) < 4.78 is 0. The minimum Gasteiger partial charge on any atom is -0.388 e. The van der Waals surface area contributed by atoms with E-state index in [2.05, 4.69) is 5.32 Å². The lowest BCUT2D eigenvalue weighted by molar-refractivity contribution is -0.142. The van der Waals surface area contributed by atoms with Gasteiger partial charge in [-0.1, -0.05) is 37.3 Å². The summed E-state index contributed by atoms with van der Waals surface area (Å²) >= 11 is 0. The summed E-state index contributed by atoms with van der Waals surface area (Å²) in [6.45, 7) is 4.37. The van der Waals surface area contributed by atoms with Crippen molar-refractivity contribution in [1.82, 2.24) is 10.2 Å². The van der Waals surface area contributed by atoms with Crippen molar-refractivity contribution in [2.75, 3.05) is 6.54 Å². The Hall–Kier alpha value is -1.88. The Kier molecular flexibility index (Phi) is 6.79. The van der Waals surface area contributed by atoms with Gasteiger partial charge in [0.1, 0.15) is 6.04 Å². The number of carbonyl (C=O) groups is 2. The van der Waals surface area contributed by atoms with E-state index >= 15 is 0 Å². The fourth-order valence-electron chi connectivity index (χ4n) is 3.25. The highest BCUT2D eigenvalue weighted by Gasteiger charge is 2.31. The van der Waals surface area contributed by atoms with E-state index in [-0.39, 0.29) is 23.9 Å². The van der Waals surface area contributed by atoms with E-state index in [4.69, 9.17) is 0 Å². The van der Waals surface area contributed by atoms with Crippen LogP contribution in [0.2, 0.25) is 0 Å². The van der Waals surface area contributed by atoms with Crippen LogP contribution in [0.5, 0.6) is 0 Å². The summed E-state index contributed by atoms with van der Waals surface area (Å²) in [5, 5.41) is 13.2. The van der Waals surface area contributed by atoms with Gasteiger partial charge in [0.05, 0.1) is 6.10 Å². The second-order valence-electron chi connectivity index (χ2n) is 6.52. The molecule has 0 bridgehead atoms. The number of benzene rings is 1. The van der Waals surface area contributed by atoms with Crippen molar-refractivity contribution < 1.29 is 14.7 Å². The van der Waals surface area contributed by atoms with Gasteiger partial charge in [-0.05, 0) is 38.2 Å². The topological polar surface area (TPSA) is 69.6 Å². The average Bonchev–Trinajstić information content (AvgIpc) is 2.61. The van der Waals surface area contributed by atoms with Crippen LogP contribution in [0.15, 0.2) is 30.3 Å². The highest BCUT2D eigenvalue weighted by molar-refractivity contribution is 5.87. The molecule has 2 N–H and O–H groups in total. The summed E-state index contributed by atoms with van der Waals surface area (Å²) in [5.74, 6) is -0.0731. The van der Waals surface area contributed by atoms with Crippen molar-refractivity contribution in [2.24, 2.45) is 0 Å². The van der Waals surface area contributed by atoms with Gasteiger partial charge in [-0.25, -0.2) is 0 Å². The van der Waals surface area contributed by atoms with Crippen LogP contribution < -0.4 is 5.32 Å². The number of carbonyl (C=O) groups excluding carboxylic acids is 2. The fraction of sp³-hybridized carbons (Fsp3) is 0.579. The summed E-state index contributed by atoms with van der Waals surface area (Å²) in [7, 11) is 0. The molecule has 0 aromatic heterocycles. The number of aliphatic hydroxyl groups excluding tert-OH is 1. The van der Waals surface area contributed by atoms with Gasteiger partial charge < -0.3 is 15.3 Å². The third kappa shape index (κ3) is 4.81. The predicted molar refractivity (Wildman–Crippen MR) is 93.3 cm³/mol. The van der Waals surface area contributed by atoms with Crippen LogP contribution in [0.25, 0.3) is 0 Å². The van der Waals surface area contributed by atoms with Gasteiger partial charge in [-0.2, -0.15) is 0 Å². The third-order valence-electron chi connectivity index (χ3n) is 4.58. The number of likely N-dealkylation sites (tertiary alicyclic amines) is 1. The number of nitrogens with one attached hydrogen (secondary N) is 1. The van der Waals surface area contributed by atoms with Crippen LogP contribution in [0, 0.1) is 0 Å². The number of piperidine rings is 1. The van der Waals surface area contributed by atoms with E-state index in [9.17, 15) is 14.7 Å². The molecule has 3 atom stereocenters. The monoisotopic (exact) mass is 332 g/mol. The summed E-state index contributed by atoms with van der Waals surface area (Å²) in [5.41, 5.74) is 0.846. The van der Waals surface area contributed by atoms with Crippen molar-refractivity contribution in [3.05, 3.63) is 35.9 Å². The van der Waals surface area contributed by atoms with Crippen molar-refractivity contribution in [3.63, 3.8) is 0 Å². The van der Waals surface area contributed by atoms with Crippen LogP contribution in [-0.2, 0) is 9.59 Å². The van der Waals surface area contributed by atoms with Crippen molar-refractivity contribution >= 4 is 11.8 Å². The summed E-state index contributed by atoms with van der Waals surface area (Å²) in [6, 6.07) is 8.90. The van der Waals surface area contributed by atoms with Gasteiger partial charge in [-0.3, -0.25) is 9.59 Å². The average molecular weight is 332 g/mol. The molecule has 1 aliphatic rings. The quantitative estimate of drug-likeness (QED) is 0.840. The van der Waals surface area contributed by atoms with Gasteiger partial charge in [0.25, 0.3) is 0 Å². The minimum absolute atomic E-state index is 0.0341. The summed E-state index contributed by atoms with van der Waals surface area (Å²) in [6.07, 6.45) is 2.90. The molecule has 5 nitrogen and oxygen atoms in total. The first-order valence-electron chi connectivity index (χ1n) is 8.85. The largest absolute Gasteiger partial charge is 0.388 e. The lowest BCUT2D eigenvalue weighted by Crippen LogP contribution is -2.53. The lowest BCUT2D eigenvalue weighted by atomic mass is 9.99. The van der Waals surface area contributed by atoms with Crippen molar-refractivity contribution in [3.8, 4) is 0 Å². The van der Waals surface area contributed by atoms with Crippen molar-refractivity contribution in [2.45, 2.75) is 64.1 Å². The van der Waals surface area contributed by atoms with Crippen molar-refractivity contribution in [1.29, 1.82) is 0 Å². The number of hydrogen-bond donors (Lipinski definition) is 2. The molecule has 1 fully saturated rings.